The van der Waals surface area contributed by atoms with Gasteiger partial charge in [0.15, 0.2) is 0 Å². The Morgan fingerprint density at radius 1 is 0.905 bits per heavy atom. The number of benzene rings is 1. The number of aliphatic hydroxyl groups excluding tert-OH is 2. The summed E-state index contributed by atoms with van der Waals surface area (Å²) < 4.78 is 6.34. The minimum Gasteiger partial charge on any atom is -0.466 e. The molecule has 5 heteroatoms. The van der Waals surface area contributed by atoms with Crippen LogP contribution in [0.2, 0.25) is 0 Å². The molecule has 3 aromatic rings. The van der Waals surface area contributed by atoms with Gasteiger partial charge in [0.25, 0.3) is 0 Å². The minimum atomic E-state index is -0.789. The van der Waals surface area contributed by atoms with E-state index < -0.39 is 12.2 Å². The number of aliphatic hydroxyl groups is 2. The van der Waals surface area contributed by atoms with Gasteiger partial charge in [0.1, 0.15) is 18.0 Å². The molecule has 0 saturated carbocycles. The highest BCUT2D eigenvalue weighted by atomic mass is 127. The molecule has 0 radical (unpaired) electrons. The van der Waals surface area contributed by atoms with Crippen LogP contribution in [0, 0.1) is 3.57 Å². The average molecular weight is 412 g/mol. The van der Waals surface area contributed by atoms with Gasteiger partial charge in [-0.05, 0) is 64.6 Å². The number of hydrogen-bond acceptors (Lipinski definition) is 4. The molecule has 2 unspecified atom stereocenters. The summed E-state index contributed by atoms with van der Waals surface area (Å²) in [6, 6.07) is 14.9. The van der Waals surface area contributed by atoms with Crippen molar-refractivity contribution in [2.45, 2.75) is 12.2 Å². The quantitative estimate of drug-likeness (QED) is 0.635. The molecular weight excluding hydrogens is 399 g/mol. The van der Waals surface area contributed by atoms with E-state index in [0.717, 1.165) is 18.9 Å². The van der Waals surface area contributed by atoms with Gasteiger partial charge < -0.3 is 14.6 Å². The van der Waals surface area contributed by atoms with Gasteiger partial charge in [-0.25, -0.2) is 0 Å². The number of halogens is 1. The van der Waals surface area contributed by atoms with Crippen molar-refractivity contribution < 1.29 is 14.6 Å². The molecule has 2 heterocycles. The van der Waals surface area contributed by atoms with E-state index >= 15 is 0 Å². The molecule has 0 amide bonds. The zero-order valence-corrected chi connectivity index (χ0v) is 13.9. The highest BCUT2D eigenvalue weighted by molar-refractivity contribution is 14.1. The molecule has 0 fully saturated rings. The van der Waals surface area contributed by atoms with Gasteiger partial charge in [-0.1, -0.05) is 12.1 Å². The SMILES string of the molecule is OC(c1ccc(I)cc1)c1ccc(C(O)c2ccco2)s1. The molecular formula is C16H13IO3S. The first-order valence-corrected chi connectivity index (χ1v) is 8.29. The van der Waals surface area contributed by atoms with Crippen LogP contribution in [0.1, 0.15) is 33.3 Å². The molecule has 108 valence electrons. The Labute approximate surface area is 140 Å². The summed E-state index contributed by atoms with van der Waals surface area (Å²) in [5.74, 6) is 0.507. The molecule has 2 aromatic heterocycles. The van der Waals surface area contributed by atoms with Crippen LogP contribution >= 0.6 is 33.9 Å². The zero-order valence-electron chi connectivity index (χ0n) is 10.9. The second kappa shape index (κ2) is 6.31. The Morgan fingerprint density at radius 3 is 2.19 bits per heavy atom. The van der Waals surface area contributed by atoms with Crippen molar-refractivity contribution in [2.75, 3.05) is 0 Å². The third-order valence-corrected chi connectivity index (χ3v) is 5.09. The standard InChI is InChI=1S/C16H13IO3S/c17-11-5-3-10(4-6-11)15(18)13-7-8-14(21-13)16(19)12-2-1-9-20-12/h1-9,15-16,18-19H. The van der Waals surface area contributed by atoms with E-state index in [4.69, 9.17) is 4.42 Å². The van der Waals surface area contributed by atoms with Gasteiger partial charge in [0.2, 0.25) is 0 Å². The number of rotatable bonds is 4. The van der Waals surface area contributed by atoms with E-state index in [0.29, 0.717) is 5.76 Å². The lowest BCUT2D eigenvalue weighted by atomic mass is 10.1. The summed E-state index contributed by atoms with van der Waals surface area (Å²) in [6.45, 7) is 0. The molecule has 2 N–H and O–H groups in total. The third kappa shape index (κ3) is 3.21. The molecule has 0 aliphatic rings. The van der Waals surface area contributed by atoms with Crippen LogP contribution in [0.4, 0.5) is 0 Å². The Balaban J connectivity index is 1.82. The first kappa shape index (κ1) is 14.8. The smallest absolute Gasteiger partial charge is 0.146 e. The lowest BCUT2D eigenvalue weighted by molar-refractivity contribution is 0.193. The van der Waals surface area contributed by atoms with Crippen molar-refractivity contribution in [3.63, 3.8) is 0 Å². The third-order valence-electron chi connectivity index (χ3n) is 3.18. The van der Waals surface area contributed by atoms with Crippen LogP contribution < -0.4 is 0 Å². The van der Waals surface area contributed by atoms with Crippen LogP contribution in [0.15, 0.2) is 59.2 Å². The van der Waals surface area contributed by atoms with Crippen molar-refractivity contribution in [3.05, 3.63) is 79.4 Å². The maximum atomic E-state index is 10.4. The number of hydrogen-bond donors (Lipinski definition) is 2. The second-order valence-electron chi connectivity index (χ2n) is 4.61. The van der Waals surface area contributed by atoms with Crippen molar-refractivity contribution >= 4 is 33.9 Å². The summed E-state index contributed by atoms with van der Waals surface area (Å²) in [4.78, 5) is 1.56. The summed E-state index contributed by atoms with van der Waals surface area (Å²) in [7, 11) is 0. The van der Waals surface area contributed by atoms with E-state index in [1.807, 2.05) is 36.4 Å². The first-order chi connectivity index (χ1) is 10.1. The topological polar surface area (TPSA) is 53.6 Å². The number of furan rings is 1. The predicted octanol–water partition coefficient (Wildman–Crippen LogP) is 4.11. The molecule has 3 nitrogen and oxygen atoms in total. The predicted molar refractivity (Wildman–Crippen MR) is 90.3 cm³/mol. The molecule has 0 bridgehead atoms. The van der Waals surface area contributed by atoms with E-state index in [1.165, 1.54) is 17.6 Å². The summed E-state index contributed by atoms with van der Waals surface area (Å²) in [6.07, 6.45) is 0.0697. The molecule has 0 spiro atoms. The monoisotopic (exact) mass is 412 g/mol. The first-order valence-electron chi connectivity index (χ1n) is 6.40. The molecule has 21 heavy (non-hydrogen) atoms. The van der Waals surface area contributed by atoms with Crippen LogP contribution in [0.25, 0.3) is 0 Å². The second-order valence-corrected chi connectivity index (χ2v) is 7.00. The molecule has 0 aliphatic carbocycles. The maximum Gasteiger partial charge on any atom is 0.146 e. The lowest BCUT2D eigenvalue weighted by Crippen LogP contribution is -1.97. The summed E-state index contributed by atoms with van der Waals surface area (Å²) in [5.41, 5.74) is 0.844. The van der Waals surface area contributed by atoms with Crippen LogP contribution in [0.5, 0.6) is 0 Å². The fourth-order valence-electron chi connectivity index (χ4n) is 2.06. The van der Waals surface area contributed by atoms with E-state index in [1.54, 1.807) is 12.1 Å². The van der Waals surface area contributed by atoms with Crippen LogP contribution in [-0.2, 0) is 0 Å². The molecule has 3 rings (SSSR count). The lowest BCUT2D eigenvalue weighted by Gasteiger charge is -2.09. The van der Waals surface area contributed by atoms with Gasteiger partial charge in [-0.3, -0.25) is 0 Å². The van der Waals surface area contributed by atoms with Gasteiger partial charge >= 0.3 is 0 Å². The zero-order chi connectivity index (χ0) is 14.8. The normalized spacial score (nSPS) is 14.0. The van der Waals surface area contributed by atoms with Crippen molar-refractivity contribution in [3.8, 4) is 0 Å². The van der Waals surface area contributed by atoms with Gasteiger partial charge in [0.05, 0.1) is 6.26 Å². The van der Waals surface area contributed by atoms with E-state index in [9.17, 15) is 10.2 Å². The summed E-state index contributed by atoms with van der Waals surface area (Å²) in [5, 5.41) is 20.6. The Hall–Kier alpha value is -1.15. The Kier molecular flexibility index (Phi) is 4.44. The largest absolute Gasteiger partial charge is 0.466 e. The van der Waals surface area contributed by atoms with E-state index in [-0.39, 0.29) is 0 Å². The fourth-order valence-corrected chi connectivity index (χ4v) is 3.44. The van der Waals surface area contributed by atoms with Gasteiger partial charge in [-0.2, -0.15) is 0 Å². The minimum absolute atomic E-state index is 0.507. The molecule has 0 saturated heterocycles. The van der Waals surface area contributed by atoms with Crippen LogP contribution in [0.3, 0.4) is 0 Å². The van der Waals surface area contributed by atoms with Crippen molar-refractivity contribution in [1.29, 1.82) is 0 Å². The van der Waals surface area contributed by atoms with E-state index in [2.05, 4.69) is 22.6 Å². The Morgan fingerprint density at radius 2 is 1.57 bits per heavy atom. The fraction of sp³-hybridized carbons (Fsp3) is 0.125. The van der Waals surface area contributed by atoms with Crippen molar-refractivity contribution in [1.82, 2.24) is 0 Å². The maximum absolute atomic E-state index is 10.4. The highest BCUT2D eigenvalue weighted by Gasteiger charge is 2.19. The highest BCUT2D eigenvalue weighted by Crippen LogP contribution is 2.34. The van der Waals surface area contributed by atoms with Crippen LogP contribution in [-0.4, -0.2) is 10.2 Å². The van der Waals surface area contributed by atoms with Gasteiger partial charge in [-0.15, -0.1) is 11.3 Å². The average Bonchev–Trinajstić information content (AvgIpc) is 3.18. The number of thiophene rings is 1. The molecule has 0 aliphatic heterocycles. The molecule has 2 atom stereocenters. The molecule has 1 aromatic carbocycles. The van der Waals surface area contributed by atoms with Crippen molar-refractivity contribution in [2.24, 2.45) is 0 Å². The Bertz CT molecular complexity index is 703. The summed E-state index contributed by atoms with van der Waals surface area (Å²) >= 11 is 3.62. The van der Waals surface area contributed by atoms with Gasteiger partial charge in [0, 0.05) is 13.3 Å².